The van der Waals surface area contributed by atoms with E-state index in [1.165, 1.54) is 5.32 Å². The van der Waals surface area contributed by atoms with Gasteiger partial charge in [0, 0.05) is 0 Å². The van der Waals surface area contributed by atoms with Crippen LogP contribution in [0.5, 0.6) is 0 Å². The van der Waals surface area contributed by atoms with Gasteiger partial charge in [0.1, 0.15) is 0 Å². The zero-order valence-electron chi connectivity index (χ0n) is 2.72. The molecular formula is C2H4N2Se. The molecule has 0 spiro atoms. The minimum atomic E-state index is 0.528. The molecule has 28 valence electrons. The Bertz CT molecular complexity index is 45.6. The molecule has 1 heterocycles. The van der Waals surface area contributed by atoms with Gasteiger partial charge in [-0.2, -0.15) is 0 Å². The van der Waals surface area contributed by atoms with Crippen molar-refractivity contribution in [2.45, 2.75) is 5.32 Å². The first kappa shape index (κ1) is 3.31. The molecule has 0 N–H and O–H groups in total. The summed E-state index contributed by atoms with van der Waals surface area (Å²) in [7, 11) is 0. The van der Waals surface area contributed by atoms with Crippen molar-refractivity contribution in [1.29, 1.82) is 0 Å². The summed E-state index contributed by atoms with van der Waals surface area (Å²) in [6.45, 7) is 0.986. The molecule has 0 fully saturated rings. The second kappa shape index (κ2) is 1.53. The van der Waals surface area contributed by atoms with Crippen molar-refractivity contribution in [2.75, 3.05) is 6.54 Å². The van der Waals surface area contributed by atoms with Crippen LogP contribution >= 0.6 is 0 Å². The minimum absolute atomic E-state index is 0.528. The van der Waals surface area contributed by atoms with E-state index in [2.05, 4.69) is 9.24 Å². The molecule has 1 aliphatic rings. The Morgan fingerprint density at radius 1 is 1.60 bits per heavy atom. The van der Waals surface area contributed by atoms with E-state index in [0.29, 0.717) is 15.2 Å². The van der Waals surface area contributed by atoms with Crippen LogP contribution in [-0.4, -0.2) is 21.7 Å². The van der Waals surface area contributed by atoms with Gasteiger partial charge < -0.3 is 0 Å². The molecule has 3 heteroatoms. The van der Waals surface area contributed by atoms with Crippen LogP contribution < -0.4 is 0 Å². The Labute approximate surface area is 37.0 Å². The quantitative estimate of drug-likeness (QED) is 0.432. The standard InChI is InChI=1S/C2H4N2Se/c1-2-5-4-3-1/h1-2H2. The third-order valence-corrected chi connectivity index (χ3v) is 1.65. The fraction of sp³-hybridized carbons (Fsp3) is 1.00. The monoisotopic (exact) mass is 136 g/mol. The van der Waals surface area contributed by atoms with Crippen LogP contribution in [0.2, 0.25) is 5.32 Å². The maximum absolute atomic E-state index is 3.77. The molecule has 1 aliphatic heterocycles. The van der Waals surface area contributed by atoms with Crippen molar-refractivity contribution < 1.29 is 0 Å². The Balaban J connectivity index is 2.32. The zero-order valence-corrected chi connectivity index (χ0v) is 4.43. The van der Waals surface area contributed by atoms with Crippen molar-refractivity contribution in [3.63, 3.8) is 0 Å². The fourth-order valence-corrected chi connectivity index (χ4v) is 1.06. The molecule has 0 unspecified atom stereocenters. The first-order valence-electron chi connectivity index (χ1n) is 1.49. The van der Waals surface area contributed by atoms with Gasteiger partial charge in [-0.25, -0.2) is 0 Å². The van der Waals surface area contributed by atoms with Crippen LogP contribution in [0, 0.1) is 0 Å². The van der Waals surface area contributed by atoms with Gasteiger partial charge >= 0.3 is 36.3 Å². The molecule has 0 amide bonds. The van der Waals surface area contributed by atoms with E-state index in [-0.39, 0.29) is 0 Å². The van der Waals surface area contributed by atoms with E-state index in [1.807, 2.05) is 0 Å². The van der Waals surface area contributed by atoms with Crippen LogP contribution in [0.1, 0.15) is 0 Å². The summed E-state index contributed by atoms with van der Waals surface area (Å²) in [5.41, 5.74) is 0. The third kappa shape index (κ3) is 0.706. The number of hydrogen-bond acceptors (Lipinski definition) is 2. The first-order chi connectivity index (χ1) is 2.50. The van der Waals surface area contributed by atoms with Crippen molar-refractivity contribution >= 4 is 15.2 Å². The first-order valence-corrected chi connectivity index (χ1v) is 3.46. The second-order valence-corrected chi connectivity index (χ2v) is 2.52. The third-order valence-electron chi connectivity index (χ3n) is 0.398. The summed E-state index contributed by atoms with van der Waals surface area (Å²) in [4.78, 5) is 0. The SMILES string of the molecule is C1C[Se]N=N1. The normalized spacial score (nSPS) is 20.8. The van der Waals surface area contributed by atoms with E-state index in [4.69, 9.17) is 0 Å². The van der Waals surface area contributed by atoms with Crippen molar-refractivity contribution in [3.05, 3.63) is 0 Å². The van der Waals surface area contributed by atoms with Crippen molar-refractivity contribution in [1.82, 2.24) is 0 Å². The predicted molar refractivity (Wildman–Crippen MR) is 20.3 cm³/mol. The van der Waals surface area contributed by atoms with Crippen molar-refractivity contribution in [2.24, 2.45) is 9.24 Å². The van der Waals surface area contributed by atoms with Gasteiger partial charge in [-0.3, -0.25) is 0 Å². The van der Waals surface area contributed by atoms with Crippen LogP contribution in [-0.2, 0) is 0 Å². The summed E-state index contributed by atoms with van der Waals surface area (Å²) in [5.74, 6) is 0. The molecule has 0 radical (unpaired) electrons. The van der Waals surface area contributed by atoms with E-state index < -0.39 is 0 Å². The Morgan fingerprint density at radius 3 is 2.80 bits per heavy atom. The van der Waals surface area contributed by atoms with E-state index in [1.54, 1.807) is 0 Å². The van der Waals surface area contributed by atoms with Crippen LogP contribution in [0.3, 0.4) is 0 Å². The summed E-state index contributed by atoms with van der Waals surface area (Å²) < 4.78 is 3.77. The predicted octanol–water partition coefficient (Wildman–Crippen LogP) is 0.490. The molecule has 1 rings (SSSR count). The molecule has 0 aliphatic carbocycles. The number of nitrogens with zero attached hydrogens (tertiary/aromatic N) is 2. The van der Waals surface area contributed by atoms with Gasteiger partial charge in [0.2, 0.25) is 0 Å². The van der Waals surface area contributed by atoms with Gasteiger partial charge in [-0.05, 0) is 0 Å². The Hall–Kier alpha value is 0.119. The van der Waals surface area contributed by atoms with E-state index >= 15 is 0 Å². The van der Waals surface area contributed by atoms with Gasteiger partial charge in [0.25, 0.3) is 0 Å². The van der Waals surface area contributed by atoms with Gasteiger partial charge in [-0.1, -0.05) is 0 Å². The molecule has 0 saturated carbocycles. The number of hydrogen-bond donors (Lipinski definition) is 0. The average Bonchev–Trinajstić information content (AvgIpc) is 1.76. The van der Waals surface area contributed by atoms with Crippen molar-refractivity contribution in [3.8, 4) is 0 Å². The molecule has 0 aromatic rings. The summed E-state index contributed by atoms with van der Waals surface area (Å²) in [6.07, 6.45) is 0. The molecule has 5 heavy (non-hydrogen) atoms. The zero-order chi connectivity index (χ0) is 3.54. The summed E-state index contributed by atoms with van der Waals surface area (Å²) >= 11 is 0.528. The van der Waals surface area contributed by atoms with E-state index in [9.17, 15) is 0 Å². The van der Waals surface area contributed by atoms with Gasteiger partial charge in [-0.15, -0.1) is 0 Å². The molecule has 0 atom stereocenters. The molecule has 0 saturated heterocycles. The van der Waals surface area contributed by atoms with Crippen LogP contribution in [0.15, 0.2) is 9.24 Å². The fourth-order valence-electron chi connectivity index (χ4n) is 0.204. The molecule has 0 aromatic carbocycles. The van der Waals surface area contributed by atoms with Crippen LogP contribution in [0.25, 0.3) is 0 Å². The van der Waals surface area contributed by atoms with Crippen LogP contribution in [0.4, 0.5) is 0 Å². The topological polar surface area (TPSA) is 24.7 Å². The summed E-state index contributed by atoms with van der Waals surface area (Å²) in [5, 5.41) is 4.97. The Kier molecular flexibility index (Phi) is 1.01. The Morgan fingerprint density at radius 2 is 2.60 bits per heavy atom. The maximum atomic E-state index is 3.77. The number of rotatable bonds is 0. The van der Waals surface area contributed by atoms with Gasteiger partial charge in [0.15, 0.2) is 0 Å². The molecule has 0 bridgehead atoms. The molecular weight excluding hydrogens is 131 g/mol. The summed E-state index contributed by atoms with van der Waals surface area (Å²) in [6, 6.07) is 0. The van der Waals surface area contributed by atoms with E-state index in [0.717, 1.165) is 6.54 Å². The average molecular weight is 135 g/mol. The van der Waals surface area contributed by atoms with Gasteiger partial charge in [0.05, 0.1) is 0 Å². The molecule has 2 nitrogen and oxygen atoms in total. The second-order valence-electron chi connectivity index (χ2n) is 0.780. The molecule has 0 aromatic heterocycles.